The van der Waals surface area contributed by atoms with Gasteiger partial charge in [-0.3, -0.25) is 14.2 Å². The number of aryl methyl sites for hydroxylation is 1. The summed E-state index contributed by atoms with van der Waals surface area (Å²) in [5.41, 5.74) is 1.22. The van der Waals surface area contributed by atoms with Gasteiger partial charge in [0.1, 0.15) is 5.75 Å². The number of aromatic nitrogens is 3. The van der Waals surface area contributed by atoms with Gasteiger partial charge in [0.25, 0.3) is 5.91 Å². The molecule has 0 atom stereocenters. The predicted molar refractivity (Wildman–Crippen MR) is 116 cm³/mol. The van der Waals surface area contributed by atoms with Gasteiger partial charge in [-0.15, -0.1) is 10.2 Å². The third-order valence-electron chi connectivity index (χ3n) is 4.21. The molecule has 1 N–H and O–H groups in total. The van der Waals surface area contributed by atoms with Crippen molar-refractivity contribution in [2.45, 2.75) is 25.5 Å². The maximum Gasteiger partial charge on any atom is 0.316 e. The number of esters is 1. The Morgan fingerprint density at radius 2 is 2.13 bits per heavy atom. The number of furan rings is 1. The monoisotopic (exact) mass is 464 g/mol. The van der Waals surface area contributed by atoms with Crippen molar-refractivity contribution in [1.82, 2.24) is 14.8 Å². The number of thioether (sulfide) groups is 1. The Bertz CT molecular complexity index is 1070. The fourth-order valence-electron chi connectivity index (χ4n) is 2.70. The van der Waals surface area contributed by atoms with E-state index in [4.69, 9.17) is 25.5 Å². The van der Waals surface area contributed by atoms with E-state index in [1.807, 2.05) is 11.5 Å². The van der Waals surface area contributed by atoms with Crippen LogP contribution in [0.4, 0.5) is 5.69 Å². The lowest BCUT2D eigenvalue weighted by molar-refractivity contribution is -0.144. The number of hydrogen-bond donors (Lipinski definition) is 1. The summed E-state index contributed by atoms with van der Waals surface area (Å²) in [5, 5.41) is 12.0. The molecule has 0 bridgehead atoms. The van der Waals surface area contributed by atoms with Crippen LogP contribution < -0.4 is 10.1 Å². The van der Waals surface area contributed by atoms with E-state index in [-0.39, 0.29) is 5.75 Å². The van der Waals surface area contributed by atoms with Crippen LogP contribution in [0.3, 0.4) is 0 Å². The van der Waals surface area contributed by atoms with Gasteiger partial charge in [-0.25, -0.2) is 0 Å². The van der Waals surface area contributed by atoms with Crippen molar-refractivity contribution in [2.75, 3.05) is 24.8 Å². The van der Waals surface area contributed by atoms with Crippen LogP contribution in [-0.2, 0) is 20.9 Å². The molecular weight excluding hydrogens is 444 g/mol. The highest BCUT2D eigenvalue weighted by Crippen LogP contribution is 2.31. The van der Waals surface area contributed by atoms with Gasteiger partial charge in [0.05, 0.1) is 24.8 Å². The summed E-state index contributed by atoms with van der Waals surface area (Å²) in [4.78, 5) is 24.3. The first-order chi connectivity index (χ1) is 14.9. The van der Waals surface area contributed by atoms with Gasteiger partial charge in [-0.1, -0.05) is 23.4 Å². The Morgan fingerprint density at radius 3 is 2.81 bits per heavy atom. The molecule has 0 aliphatic rings. The van der Waals surface area contributed by atoms with Gasteiger partial charge in [0.2, 0.25) is 0 Å². The molecule has 0 saturated carbocycles. The topological polar surface area (TPSA) is 108 Å². The van der Waals surface area contributed by atoms with E-state index in [0.29, 0.717) is 39.7 Å². The quantitative estimate of drug-likeness (QED) is 0.376. The van der Waals surface area contributed by atoms with E-state index in [1.165, 1.54) is 18.9 Å². The second-order valence-electron chi connectivity index (χ2n) is 6.33. The second-order valence-corrected chi connectivity index (χ2v) is 7.68. The first-order valence-corrected chi connectivity index (χ1v) is 10.7. The summed E-state index contributed by atoms with van der Waals surface area (Å²) in [6, 6.07) is 6.84. The number of rotatable bonds is 9. The van der Waals surface area contributed by atoms with Crippen LogP contribution in [0.5, 0.6) is 5.75 Å². The van der Waals surface area contributed by atoms with Crippen LogP contribution >= 0.6 is 23.4 Å². The number of ether oxygens (including phenoxy) is 2. The van der Waals surface area contributed by atoms with Crippen LogP contribution in [0.1, 0.15) is 12.5 Å². The summed E-state index contributed by atoms with van der Waals surface area (Å²) in [5.74, 6) is 0.521. The maximum absolute atomic E-state index is 12.2. The summed E-state index contributed by atoms with van der Waals surface area (Å²) in [7, 11) is 1.47. The standard InChI is InChI=1S/C20H21ClN4O5S/c1-4-25-19(15-6-5-7-29-15)23-24-20(25)31-11-18(27)30-10-17(26)22-14-8-12(2)13(21)9-16(14)28-3/h5-9H,4,10-11H2,1-3H3,(H,22,26). The molecule has 0 radical (unpaired) electrons. The van der Waals surface area contributed by atoms with E-state index in [2.05, 4.69) is 15.5 Å². The van der Waals surface area contributed by atoms with Crippen molar-refractivity contribution < 1.29 is 23.5 Å². The molecule has 2 aromatic heterocycles. The molecule has 3 aromatic rings. The average molecular weight is 465 g/mol. The minimum atomic E-state index is -0.551. The van der Waals surface area contributed by atoms with Gasteiger partial charge in [-0.05, 0) is 37.6 Å². The van der Waals surface area contributed by atoms with Gasteiger partial charge in [0.15, 0.2) is 23.3 Å². The zero-order valence-corrected chi connectivity index (χ0v) is 18.7. The van der Waals surface area contributed by atoms with Crippen molar-refractivity contribution in [3.63, 3.8) is 0 Å². The first kappa shape index (κ1) is 22.7. The van der Waals surface area contributed by atoms with E-state index < -0.39 is 18.5 Å². The first-order valence-electron chi connectivity index (χ1n) is 9.32. The van der Waals surface area contributed by atoms with Crippen LogP contribution in [0, 0.1) is 6.92 Å². The largest absolute Gasteiger partial charge is 0.495 e. The summed E-state index contributed by atoms with van der Waals surface area (Å²) < 4.78 is 17.5. The molecule has 0 aliphatic heterocycles. The maximum atomic E-state index is 12.2. The highest BCUT2D eigenvalue weighted by atomic mass is 35.5. The lowest BCUT2D eigenvalue weighted by Gasteiger charge is -2.12. The van der Waals surface area contributed by atoms with Crippen LogP contribution in [0.15, 0.2) is 40.1 Å². The molecule has 1 aromatic carbocycles. The van der Waals surface area contributed by atoms with Crippen molar-refractivity contribution >= 4 is 40.9 Å². The number of anilines is 1. The smallest absolute Gasteiger partial charge is 0.316 e. The molecule has 2 heterocycles. The van der Waals surface area contributed by atoms with E-state index >= 15 is 0 Å². The van der Waals surface area contributed by atoms with Gasteiger partial charge >= 0.3 is 5.97 Å². The van der Waals surface area contributed by atoms with E-state index in [0.717, 1.165) is 5.56 Å². The molecule has 0 fully saturated rings. The molecule has 0 aliphatic carbocycles. The third kappa shape index (κ3) is 5.59. The third-order valence-corrected chi connectivity index (χ3v) is 5.56. The van der Waals surface area contributed by atoms with E-state index in [1.54, 1.807) is 37.5 Å². The number of halogens is 1. The molecule has 0 spiro atoms. The zero-order valence-electron chi connectivity index (χ0n) is 17.2. The Kier molecular flexibility index (Phi) is 7.59. The van der Waals surface area contributed by atoms with Crippen molar-refractivity contribution in [1.29, 1.82) is 0 Å². The number of nitrogens with one attached hydrogen (secondary N) is 1. The molecule has 9 nitrogen and oxygen atoms in total. The molecular formula is C20H21ClN4O5S. The van der Waals surface area contributed by atoms with Crippen LogP contribution in [-0.4, -0.2) is 46.1 Å². The van der Waals surface area contributed by atoms with Gasteiger partial charge in [0, 0.05) is 17.6 Å². The van der Waals surface area contributed by atoms with E-state index in [9.17, 15) is 9.59 Å². The molecule has 0 saturated heterocycles. The van der Waals surface area contributed by atoms with Crippen LogP contribution in [0.2, 0.25) is 5.02 Å². The van der Waals surface area contributed by atoms with Crippen LogP contribution in [0.25, 0.3) is 11.6 Å². The molecule has 1 amide bonds. The molecule has 0 unspecified atom stereocenters. The summed E-state index contributed by atoms with van der Waals surface area (Å²) in [6.07, 6.45) is 1.56. The number of carbonyl (C=O) groups excluding carboxylic acids is 2. The lowest BCUT2D eigenvalue weighted by Crippen LogP contribution is -2.22. The van der Waals surface area contributed by atoms with Crippen molar-refractivity contribution in [3.8, 4) is 17.3 Å². The Labute approximate surface area is 188 Å². The summed E-state index contributed by atoms with van der Waals surface area (Å²) >= 11 is 7.23. The molecule has 3 rings (SSSR count). The number of carbonyl (C=O) groups is 2. The highest BCUT2D eigenvalue weighted by molar-refractivity contribution is 7.99. The fraction of sp³-hybridized carbons (Fsp3) is 0.300. The minimum Gasteiger partial charge on any atom is -0.495 e. The number of nitrogens with zero attached hydrogens (tertiary/aromatic N) is 3. The highest BCUT2D eigenvalue weighted by Gasteiger charge is 2.17. The zero-order chi connectivity index (χ0) is 22.4. The minimum absolute atomic E-state index is 0.0209. The normalized spacial score (nSPS) is 10.7. The number of hydrogen-bond acceptors (Lipinski definition) is 8. The Morgan fingerprint density at radius 1 is 1.32 bits per heavy atom. The Hall–Kier alpha value is -2.98. The van der Waals surface area contributed by atoms with Gasteiger partial charge < -0.3 is 19.2 Å². The molecule has 11 heteroatoms. The van der Waals surface area contributed by atoms with Crippen molar-refractivity contribution in [3.05, 3.63) is 41.1 Å². The molecule has 164 valence electrons. The number of methoxy groups -OCH3 is 1. The lowest BCUT2D eigenvalue weighted by atomic mass is 10.2. The number of amides is 1. The van der Waals surface area contributed by atoms with Gasteiger partial charge in [-0.2, -0.15) is 0 Å². The number of benzene rings is 1. The Balaban J connectivity index is 1.52. The SMILES string of the molecule is CCn1c(SCC(=O)OCC(=O)Nc2cc(C)c(Cl)cc2OC)nnc1-c1ccco1. The van der Waals surface area contributed by atoms with Crippen molar-refractivity contribution in [2.24, 2.45) is 0 Å². The predicted octanol–water partition coefficient (Wildman–Crippen LogP) is 3.80. The molecule has 31 heavy (non-hydrogen) atoms. The fourth-order valence-corrected chi connectivity index (χ4v) is 3.65. The second kappa shape index (κ2) is 10.4. The average Bonchev–Trinajstić information content (AvgIpc) is 3.42. The summed E-state index contributed by atoms with van der Waals surface area (Å²) in [6.45, 7) is 3.92.